The van der Waals surface area contributed by atoms with E-state index in [1.807, 2.05) is 24.3 Å². The molecule has 0 saturated heterocycles. The molecule has 1 aromatic rings. The van der Waals surface area contributed by atoms with Gasteiger partial charge in [-0.25, -0.2) is 0 Å². The molecule has 0 unspecified atom stereocenters. The lowest BCUT2D eigenvalue weighted by Gasteiger charge is -2.05. The molecule has 0 spiro atoms. The Morgan fingerprint density at radius 2 is 2.36 bits per heavy atom. The Kier molecular flexibility index (Phi) is 4.51. The molecule has 76 valence electrons. The first-order chi connectivity index (χ1) is 6.72. The third-order valence-electron chi connectivity index (χ3n) is 1.66. The highest BCUT2D eigenvalue weighted by Gasteiger charge is 1.94. The highest BCUT2D eigenvalue weighted by atomic mass is 127. The average Bonchev–Trinajstić information content (AvgIpc) is 2.17. The third kappa shape index (κ3) is 3.82. The maximum absolute atomic E-state index is 8.31. The van der Waals surface area contributed by atoms with Crippen LogP contribution in [0.15, 0.2) is 29.4 Å². The molecule has 0 fully saturated rings. The summed E-state index contributed by atoms with van der Waals surface area (Å²) in [5.74, 6) is 0.239. The Morgan fingerprint density at radius 3 is 3.00 bits per heavy atom. The van der Waals surface area contributed by atoms with Crippen molar-refractivity contribution in [3.8, 4) is 0 Å². The van der Waals surface area contributed by atoms with Crippen molar-refractivity contribution in [1.82, 2.24) is 0 Å². The van der Waals surface area contributed by atoms with Gasteiger partial charge in [-0.05, 0) is 40.8 Å². The van der Waals surface area contributed by atoms with Gasteiger partial charge in [0, 0.05) is 22.2 Å². The second-order valence-electron chi connectivity index (χ2n) is 2.78. The lowest BCUT2D eigenvalue weighted by Crippen LogP contribution is -2.16. The van der Waals surface area contributed by atoms with Gasteiger partial charge in [0.05, 0.1) is 0 Å². The summed E-state index contributed by atoms with van der Waals surface area (Å²) in [6.07, 6.45) is 0.530. The minimum Gasteiger partial charge on any atom is -0.409 e. The largest absolute Gasteiger partial charge is 0.409 e. The first-order valence-corrected chi connectivity index (χ1v) is 5.26. The van der Waals surface area contributed by atoms with E-state index in [2.05, 4.69) is 33.1 Å². The molecule has 1 aromatic carbocycles. The predicted molar refractivity (Wildman–Crippen MR) is 65.7 cm³/mol. The van der Waals surface area contributed by atoms with Crippen LogP contribution in [0.25, 0.3) is 0 Å². The summed E-state index contributed by atoms with van der Waals surface area (Å²) in [5, 5.41) is 14.4. The monoisotopic (exact) mass is 305 g/mol. The normalized spacial score (nSPS) is 11.4. The Hall–Kier alpha value is -0.980. The molecule has 4 N–H and O–H groups in total. The minimum absolute atomic E-state index is 0.239. The highest BCUT2D eigenvalue weighted by molar-refractivity contribution is 14.1. The fourth-order valence-corrected chi connectivity index (χ4v) is 1.53. The smallest absolute Gasteiger partial charge is 0.140 e. The van der Waals surface area contributed by atoms with Crippen LogP contribution in [-0.2, 0) is 0 Å². The molecular weight excluding hydrogens is 293 g/mol. The molecule has 0 radical (unpaired) electrons. The van der Waals surface area contributed by atoms with Crippen LogP contribution in [0.3, 0.4) is 0 Å². The van der Waals surface area contributed by atoms with Crippen LogP contribution in [0.1, 0.15) is 6.42 Å². The number of hydrogen-bond acceptors (Lipinski definition) is 3. The highest BCUT2D eigenvalue weighted by Crippen LogP contribution is 2.11. The van der Waals surface area contributed by atoms with Gasteiger partial charge >= 0.3 is 0 Å². The number of nitrogens with one attached hydrogen (secondary N) is 1. The molecular formula is C9H12IN3O. The zero-order valence-electron chi connectivity index (χ0n) is 7.57. The summed E-state index contributed by atoms with van der Waals surface area (Å²) in [6, 6.07) is 8.02. The first kappa shape index (κ1) is 11.1. The summed E-state index contributed by atoms with van der Waals surface area (Å²) < 4.78 is 1.18. The molecule has 4 nitrogen and oxygen atoms in total. The number of nitrogens with zero attached hydrogens (tertiary/aromatic N) is 1. The molecule has 0 aliphatic heterocycles. The second-order valence-corrected chi connectivity index (χ2v) is 4.02. The van der Waals surface area contributed by atoms with Crippen LogP contribution in [0.2, 0.25) is 0 Å². The Morgan fingerprint density at radius 1 is 1.57 bits per heavy atom. The van der Waals surface area contributed by atoms with Gasteiger partial charge in [0.25, 0.3) is 0 Å². The maximum atomic E-state index is 8.31. The molecule has 5 heteroatoms. The molecule has 0 aliphatic rings. The van der Waals surface area contributed by atoms with Crippen LogP contribution in [-0.4, -0.2) is 17.6 Å². The van der Waals surface area contributed by atoms with Gasteiger partial charge in [-0.15, -0.1) is 0 Å². The van der Waals surface area contributed by atoms with Gasteiger partial charge < -0.3 is 16.3 Å². The lowest BCUT2D eigenvalue weighted by molar-refractivity contribution is 0.317. The lowest BCUT2D eigenvalue weighted by atomic mass is 10.3. The summed E-state index contributed by atoms with van der Waals surface area (Å²) in [6.45, 7) is 0.663. The molecule has 0 heterocycles. The zero-order chi connectivity index (χ0) is 10.4. The quantitative estimate of drug-likeness (QED) is 0.261. The van der Waals surface area contributed by atoms with E-state index >= 15 is 0 Å². The van der Waals surface area contributed by atoms with E-state index in [-0.39, 0.29) is 5.84 Å². The fraction of sp³-hybridized carbons (Fsp3) is 0.222. The Balaban J connectivity index is 2.39. The van der Waals surface area contributed by atoms with Gasteiger partial charge in [0.1, 0.15) is 5.84 Å². The van der Waals surface area contributed by atoms with Crippen molar-refractivity contribution in [2.75, 3.05) is 11.9 Å². The van der Waals surface area contributed by atoms with Gasteiger partial charge in [-0.1, -0.05) is 11.2 Å². The molecule has 0 atom stereocenters. The van der Waals surface area contributed by atoms with Crippen molar-refractivity contribution < 1.29 is 5.21 Å². The van der Waals surface area contributed by atoms with E-state index in [9.17, 15) is 0 Å². The summed E-state index contributed by atoms with van der Waals surface area (Å²) in [4.78, 5) is 0. The van der Waals surface area contributed by atoms with E-state index in [1.54, 1.807) is 0 Å². The SMILES string of the molecule is NC(CCNc1cccc(I)c1)=NO. The number of rotatable bonds is 4. The number of halogens is 1. The van der Waals surface area contributed by atoms with Crippen molar-refractivity contribution in [3.63, 3.8) is 0 Å². The second kappa shape index (κ2) is 5.69. The molecule has 0 aliphatic carbocycles. The molecule has 0 bridgehead atoms. The van der Waals surface area contributed by atoms with E-state index < -0.39 is 0 Å². The van der Waals surface area contributed by atoms with Crippen LogP contribution < -0.4 is 11.1 Å². The minimum atomic E-state index is 0.239. The van der Waals surface area contributed by atoms with Crippen molar-refractivity contribution in [1.29, 1.82) is 0 Å². The maximum Gasteiger partial charge on any atom is 0.140 e. The average molecular weight is 305 g/mol. The van der Waals surface area contributed by atoms with Crippen LogP contribution in [0.4, 0.5) is 5.69 Å². The number of nitrogens with two attached hydrogens (primary N) is 1. The van der Waals surface area contributed by atoms with Crippen molar-refractivity contribution in [2.24, 2.45) is 10.9 Å². The van der Waals surface area contributed by atoms with E-state index in [0.717, 1.165) is 5.69 Å². The third-order valence-corrected chi connectivity index (χ3v) is 2.33. The molecule has 1 rings (SSSR count). The van der Waals surface area contributed by atoms with E-state index in [1.165, 1.54) is 3.57 Å². The first-order valence-electron chi connectivity index (χ1n) is 4.18. The van der Waals surface area contributed by atoms with Crippen LogP contribution >= 0.6 is 22.6 Å². The number of anilines is 1. The number of hydrogen-bond donors (Lipinski definition) is 3. The standard InChI is InChI=1S/C9H12IN3O/c10-7-2-1-3-8(6-7)12-5-4-9(11)13-14/h1-3,6,12,14H,4-5H2,(H2,11,13). The summed E-state index contributed by atoms with van der Waals surface area (Å²) >= 11 is 2.25. The fourth-order valence-electron chi connectivity index (χ4n) is 0.983. The Bertz CT molecular complexity index is 328. The van der Waals surface area contributed by atoms with E-state index in [4.69, 9.17) is 10.9 Å². The van der Waals surface area contributed by atoms with Gasteiger partial charge in [0.2, 0.25) is 0 Å². The van der Waals surface area contributed by atoms with Crippen LogP contribution in [0.5, 0.6) is 0 Å². The zero-order valence-corrected chi connectivity index (χ0v) is 9.73. The van der Waals surface area contributed by atoms with Crippen molar-refractivity contribution in [3.05, 3.63) is 27.8 Å². The number of amidine groups is 1. The molecule has 0 saturated carbocycles. The van der Waals surface area contributed by atoms with Crippen LogP contribution in [0, 0.1) is 3.57 Å². The Labute approximate surface area is 96.3 Å². The molecule has 0 amide bonds. The van der Waals surface area contributed by atoms with Crippen molar-refractivity contribution >= 4 is 34.1 Å². The number of benzene rings is 1. The summed E-state index contributed by atoms with van der Waals surface area (Å²) in [7, 11) is 0. The summed E-state index contributed by atoms with van der Waals surface area (Å²) in [5.41, 5.74) is 6.37. The molecule has 14 heavy (non-hydrogen) atoms. The topological polar surface area (TPSA) is 70.6 Å². The number of oxime groups is 1. The molecule has 0 aromatic heterocycles. The van der Waals surface area contributed by atoms with Gasteiger partial charge in [0.15, 0.2) is 0 Å². The predicted octanol–water partition coefficient (Wildman–Crippen LogP) is 1.84. The van der Waals surface area contributed by atoms with Gasteiger partial charge in [-0.3, -0.25) is 0 Å². The van der Waals surface area contributed by atoms with Gasteiger partial charge in [-0.2, -0.15) is 0 Å². The van der Waals surface area contributed by atoms with Crippen molar-refractivity contribution in [2.45, 2.75) is 6.42 Å². The van der Waals surface area contributed by atoms with E-state index in [0.29, 0.717) is 13.0 Å².